The summed E-state index contributed by atoms with van der Waals surface area (Å²) < 4.78 is 11.2. The maximum Gasteiger partial charge on any atom is 0.228 e. The molecule has 2 aromatic heterocycles. The lowest BCUT2D eigenvalue weighted by molar-refractivity contribution is -0.135. The van der Waals surface area contributed by atoms with E-state index < -0.39 is 0 Å². The van der Waals surface area contributed by atoms with Crippen LogP contribution in [0.15, 0.2) is 42.7 Å². The summed E-state index contributed by atoms with van der Waals surface area (Å²) in [6.45, 7) is 7.48. The van der Waals surface area contributed by atoms with Gasteiger partial charge in [-0.05, 0) is 24.6 Å². The minimum absolute atomic E-state index is 0.0382. The predicted molar refractivity (Wildman–Crippen MR) is 142 cm³/mol. The minimum atomic E-state index is 0.0382. The molecule has 10 heteroatoms. The molecule has 3 fully saturated rings. The third-order valence-corrected chi connectivity index (χ3v) is 7.36. The van der Waals surface area contributed by atoms with Crippen LogP contribution < -0.4 is 15.5 Å². The van der Waals surface area contributed by atoms with Crippen LogP contribution in [0.2, 0.25) is 0 Å². The summed E-state index contributed by atoms with van der Waals surface area (Å²) in [5.74, 6) is 0.997. The quantitative estimate of drug-likeness (QED) is 0.521. The number of nitrogens with one attached hydrogen (secondary N) is 2. The topological polar surface area (TPSA) is 105 Å². The largest absolute Gasteiger partial charge is 0.381 e. The summed E-state index contributed by atoms with van der Waals surface area (Å²) in [6, 6.07) is 10.5. The van der Waals surface area contributed by atoms with Crippen LogP contribution in [-0.2, 0) is 14.3 Å². The first kappa shape index (κ1) is 24.0. The molecule has 0 unspecified atom stereocenters. The van der Waals surface area contributed by atoms with Gasteiger partial charge >= 0.3 is 0 Å². The third kappa shape index (κ3) is 5.36. The number of hydrogen-bond donors (Lipinski definition) is 2. The first-order valence-corrected chi connectivity index (χ1v) is 13.1. The van der Waals surface area contributed by atoms with Crippen LogP contribution in [0.5, 0.6) is 0 Å². The number of hydrogen-bond acceptors (Lipinski definition) is 9. The molecule has 3 aliphatic heterocycles. The molecule has 1 amide bonds. The Morgan fingerprint density at radius 2 is 1.92 bits per heavy atom. The Morgan fingerprint density at radius 1 is 1.08 bits per heavy atom. The molecule has 0 aliphatic carbocycles. The molecule has 0 radical (unpaired) electrons. The number of rotatable bonds is 6. The van der Waals surface area contributed by atoms with Crippen molar-refractivity contribution in [3.8, 4) is 11.3 Å². The van der Waals surface area contributed by atoms with E-state index >= 15 is 0 Å². The zero-order valence-corrected chi connectivity index (χ0v) is 20.9. The fourth-order valence-corrected chi connectivity index (χ4v) is 5.22. The van der Waals surface area contributed by atoms with Crippen molar-refractivity contribution in [1.82, 2.24) is 25.2 Å². The van der Waals surface area contributed by atoms with Crippen LogP contribution in [0.1, 0.15) is 6.42 Å². The summed E-state index contributed by atoms with van der Waals surface area (Å²) in [7, 11) is 0. The van der Waals surface area contributed by atoms with Crippen molar-refractivity contribution in [2.75, 3.05) is 75.9 Å². The molecule has 0 saturated carbocycles. The van der Waals surface area contributed by atoms with Crippen LogP contribution >= 0.6 is 0 Å². The molecule has 0 bridgehead atoms. The van der Waals surface area contributed by atoms with Gasteiger partial charge < -0.3 is 29.9 Å². The number of fused-ring (bicyclic) bond motifs is 1. The molecule has 37 heavy (non-hydrogen) atoms. The van der Waals surface area contributed by atoms with Crippen molar-refractivity contribution in [3.63, 3.8) is 0 Å². The van der Waals surface area contributed by atoms with Crippen molar-refractivity contribution in [1.29, 1.82) is 0 Å². The van der Waals surface area contributed by atoms with E-state index in [9.17, 15) is 4.79 Å². The van der Waals surface area contributed by atoms with Gasteiger partial charge in [0.1, 0.15) is 5.52 Å². The average Bonchev–Trinajstić information content (AvgIpc) is 3.51. The highest BCUT2D eigenvalue weighted by Crippen LogP contribution is 2.28. The molecular weight excluding hydrogens is 470 g/mol. The summed E-state index contributed by atoms with van der Waals surface area (Å²) in [5, 5.41) is 6.79. The van der Waals surface area contributed by atoms with Crippen molar-refractivity contribution >= 4 is 28.4 Å². The molecule has 1 aromatic carbocycles. The summed E-state index contributed by atoms with van der Waals surface area (Å²) in [4.78, 5) is 31.0. The second-order valence-corrected chi connectivity index (χ2v) is 9.78. The summed E-state index contributed by atoms with van der Waals surface area (Å²) in [6.07, 6.45) is 4.33. The standard InChI is InChI=1S/C27H33N7O3/c35-27(20-5-13-36-18-20)34-11-9-33(10-12-34)21-3-1-19(2-4-21)23-15-24-25(30-7-6-29-24)26(32-23)31-17-22-16-28-8-14-37-22/h1-4,6-7,15,20,22,28H,5,8-14,16-18H2,(H,31,32)/t20-,22+/m1/s1. The fraction of sp³-hybridized carbons (Fsp3) is 0.481. The van der Waals surface area contributed by atoms with Gasteiger partial charge in [0.25, 0.3) is 0 Å². The lowest BCUT2D eigenvalue weighted by Crippen LogP contribution is -2.50. The van der Waals surface area contributed by atoms with E-state index in [1.54, 1.807) is 12.4 Å². The molecule has 5 heterocycles. The number of benzene rings is 1. The highest BCUT2D eigenvalue weighted by molar-refractivity contribution is 5.88. The Labute approximate surface area is 216 Å². The van der Waals surface area contributed by atoms with Crippen LogP contribution in [-0.4, -0.2) is 97.5 Å². The molecule has 0 spiro atoms. The Morgan fingerprint density at radius 3 is 2.68 bits per heavy atom. The van der Waals surface area contributed by atoms with Crippen LogP contribution in [0.4, 0.5) is 11.5 Å². The van der Waals surface area contributed by atoms with Crippen molar-refractivity contribution in [2.45, 2.75) is 12.5 Å². The van der Waals surface area contributed by atoms with Crippen LogP contribution in [0.25, 0.3) is 22.3 Å². The predicted octanol–water partition coefficient (Wildman–Crippen LogP) is 1.78. The summed E-state index contributed by atoms with van der Waals surface area (Å²) >= 11 is 0. The number of piperazine rings is 1. The molecule has 3 aromatic rings. The van der Waals surface area contributed by atoms with E-state index in [0.717, 1.165) is 73.7 Å². The van der Waals surface area contributed by atoms with Gasteiger partial charge in [0.05, 0.1) is 36.4 Å². The van der Waals surface area contributed by atoms with E-state index in [4.69, 9.17) is 14.5 Å². The zero-order chi connectivity index (χ0) is 25.0. The van der Waals surface area contributed by atoms with Crippen LogP contribution in [0.3, 0.4) is 0 Å². The van der Waals surface area contributed by atoms with E-state index in [2.05, 4.69) is 49.8 Å². The molecule has 194 valence electrons. The number of aromatic nitrogens is 3. The number of carbonyl (C=O) groups is 1. The minimum Gasteiger partial charge on any atom is -0.381 e. The number of ether oxygens (including phenoxy) is 2. The third-order valence-electron chi connectivity index (χ3n) is 7.36. The molecule has 3 aliphatic rings. The van der Waals surface area contributed by atoms with Gasteiger partial charge in [-0.2, -0.15) is 0 Å². The molecule has 6 rings (SSSR count). The number of amides is 1. The van der Waals surface area contributed by atoms with Crippen molar-refractivity contribution in [3.05, 3.63) is 42.7 Å². The molecule has 10 nitrogen and oxygen atoms in total. The van der Waals surface area contributed by atoms with E-state index in [1.807, 2.05) is 11.0 Å². The van der Waals surface area contributed by atoms with Crippen molar-refractivity contribution < 1.29 is 14.3 Å². The average molecular weight is 504 g/mol. The lowest BCUT2D eigenvalue weighted by atomic mass is 10.1. The number of pyridine rings is 1. The number of anilines is 2. The number of carbonyl (C=O) groups excluding carboxylic acids is 1. The van der Waals surface area contributed by atoms with Gasteiger partial charge in [-0.25, -0.2) is 9.97 Å². The number of morpholine rings is 1. The van der Waals surface area contributed by atoms with Gasteiger partial charge in [0.15, 0.2) is 5.82 Å². The van der Waals surface area contributed by atoms with Gasteiger partial charge in [0.2, 0.25) is 5.91 Å². The van der Waals surface area contributed by atoms with Crippen molar-refractivity contribution in [2.24, 2.45) is 5.92 Å². The van der Waals surface area contributed by atoms with E-state index in [1.165, 1.54) is 0 Å². The van der Waals surface area contributed by atoms with E-state index in [-0.39, 0.29) is 17.9 Å². The van der Waals surface area contributed by atoms with Crippen LogP contribution in [0, 0.1) is 5.92 Å². The van der Waals surface area contributed by atoms with Gasteiger partial charge in [0, 0.05) is 76.1 Å². The smallest absolute Gasteiger partial charge is 0.228 e. The Balaban J connectivity index is 1.14. The van der Waals surface area contributed by atoms with Gasteiger partial charge in [-0.15, -0.1) is 0 Å². The normalized spacial score (nSPS) is 22.4. The zero-order valence-electron chi connectivity index (χ0n) is 20.9. The molecule has 2 atom stereocenters. The lowest BCUT2D eigenvalue weighted by Gasteiger charge is -2.37. The Bertz CT molecular complexity index is 1220. The Kier molecular flexibility index (Phi) is 7.11. The highest BCUT2D eigenvalue weighted by Gasteiger charge is 2.30. The first-order valence-electron chi connectivity index (χ1n) is 13.1. The second kappa shape index (κ2) is 11.0. The monoisotopic (exact) mass is 503 g/mol. The Hall–Kier alpha value is -3.34. The molecule has 3 saturated heterocycles. The van der Waals surface area contributed by atoms with Gasteiger partial charge in [-0.3, -0.25) is 9.78 Å². The van der Waals surface area contributed by atoms with E-state index in [0.29, 0.717) is 32.2 Å². The SMILES string of the molecule is O=C([C@@H]1CCOC1)N1CCN(c2ccc(-c3cc4nccnc4c(NC[C@@H]4CNCCO4)n3)cc2)CC1. The second-order valence-electron chi connectivity index (χ2n) is 9.78. The fourth-order valence-electron chi connectivity index (χ4n) is 5.22. The first-order chi connectivity index (χ1) is 18.2. The maximum absolute atomic E-state index is 12.7. The summed E-state index contributed by atoms with van der Waals surface area (Å²) in [5.41, 5.74) is 4.57. The maximum atomic E-state index is 12.7. The highest BCUT2D eigenvalue weighted by atomic mass is 16.5. The molecular formula is C27H33N7O3. The molecule has 2 N–H and O–H groups in total. The van der Waals surface area contributed by atoms with Gasteiger partial charge in [-0.1, -0.05) is 12.1 Å². The number of nitrogens with zero attached hydrogens (tertiary/aromatic N) is 5.